The number of amides is 1. The maximum absolute atomic E-state index is 14.3. The highest BCUT2D eigenvalue weighted by Crippen LogP contribution is 2.35. The Morgan fingerprint density at radius 1 is 0.676 bits per heavy atom. The molecule has 4 rings (SSSR count). The molecule has 0 bridgehead atoms. The van der Waals surface area contributed by atoms with Crippen LogP contribution in [0, 0.1) is 20.8 Å². The van der Waals surface area contributed by atoms with Crippen LogP contribution in [-0.2, 0) is 14.8 Å². The van der Waals surface area contributed by atoms with Gasteiger partial charge in [0.2, 0.25) is 0 Å². The molecule has 0 atom stereocenters. The van der Waals surface area contributed by atoms with E-state index in [0.29, 0.717) is 5.69 Å². The minimum Gasteiger partial charge on any atom is -0.272 e. The first kappa shape index (κ1) is 23.5. The average Bonchev–Trinajstić information content (AvgIpc) is 2.84. The van der Waals surface area contributed by atoms with Gasteiger partial charge in [0, 0.05) is 0 Å². The first-order valence-corrected chi connectivity index (χ1v) is 12.6. The second-order valence-electron chi connectivity index (χ2n) is 8.39. The highest BCUT2D eigenvalue weighted by atomic mass is 32.2. The minimum atomic E-state index is -4.19. The van der Waals surface area contributed by atoms with E-state index >= 15 is 0 Å². The molecule has 0 spiro atoms. The quantitative estimate of drug-likeness (QED) is 0.340. The minimum absolute atomic E-state index is 0.0761. The number of sulfonamides is 1. The van der Waals surface area contributed by atoms with Crippen molar-refractivity contribution in [1.82, 2.24) is 0 Å². The van der Waals surface area contributed by atoms with Gasteiger partial charge in [-0.05, 0) is 61.2 Å². The molecule has 0 aliphatic heterocycles. The summed E-state index contributed by atoms with van der Waals surface area (Å²) in [4.78, 5) is 14.4. The zero-order valence-electron chi connectivity index (χ0n) is 19.5. The molecular formula is C29H27NO3S. The number of nitrogens with zero attached hydrogens (tertiary/aromatic N) is 1. The highest BCUT2D eigenvalue weighted by Gasteiger charge is 2.37. The number of benzene rings is 4. The van der Waals surface area contributed by atoms with Gasteiger partial charge in [-0.3, -0.25) is 4.79 Å². The molecule has 0 saturated heterocycles. The first-order chi connectivity index (χ1) is 16.3. The number of rotatable bonds is 6. The van der Waals surface area contributed by atoms with E-state index < -0.39 is 21.8 Å². The van der Waals surface area contributed by atoms with Gasteiger partial charge in [0.05, 0.1) is 16.5 Å². The molecule has 1 amide bonds. The van der Waals surface area contributed by atoms with Gasteiger partial charge in [-0.2, -0.15) is 0 Å². The largest absolute Gasteiger partial charge is 0.272 e. The van der Waals surface area contributed by atoms with Crippen LogP contribution in [0.5, 0.6) is 0 Å². The number of hydrogen-bond donors (Lipinski definition) is 0. The highest BCUT2D eigenvalue weighted by molar-refractivity contribution is 7.93. The lowest BCUT2D eigenvalue weighted by atomic mass is 9.90. The summed E-state index contributed by atoms with van der Waals surface area (Å²) >= 11 is 0. The van der Waals surface area contributed by atoms with Crippen LogP contribution in [0.15, 0.2) is 108 Å². The van der Waals surface area contributed by atoms with Crippen LogP contribution in [0.4, 0.5) is 5.69 Å². The smallest absolute Gasteiger partial charge is 0.270 e. The van der Waals surface area contributed by atoms with Gasteiger partial charge < -0.3 is 0 Å². The Morgan fingerprint density at radius 2 is 1.21 bits per heavy atom. The van der Waals surface area contributed by atoms with Gasteiger partial charge >= 0.3 is 0 Å². The third-order valence-corrected chi connectivity index (χ3v) is 7.79. The molecule has 0 aliphatic rings. The third kappa shape index (κ3) is 4.52. The zero-order valence-corrected chi connectivity index (χ0v) is 20.3. The number of hydrogen-bond acceptors (Lipinski definition) is 3. The Kier molecular flexibility index (Phi) is 6.66. The van der Waals surface area contributed by atoms with Crippen LogP contribution in [-0.4, -0.2) is 14.3 Å². The monoisotopic (exact) mass is 469 g/mol. The molecular weight excluding hydrogens is 442 g/mol. The maximum atomic E-state index is 14.3. The van der Waals surface area contributed by atoms with E-state index in [2.05, 4.69) is 0 Å². The zero-order chi connectivity index (χ0) is 24.3. The molecule has 34 heavy (non-hydrogen) atoms. The molecule has 0 aliphatic carbocycles. The van der Waals surface area contributed by atoms with Crippen molar-refractivity contribution < 1.29 is 13.2 Å². The molecule has 4 aromatic rings. The molecule has 0 saturated carbocycles. The van der Waals surface area contributed by atoms with E-state index in [0.717, 1.165) is 32.1 Å². The van der Waals surface area contributed by atoms with Gasteiger partial charge in [0.1, 0.15) is 0 Å². The lowest BCUT2D eigenvalue weighted by Gasteiger charge is -2.29. The van der Waals surface area contributed by atoms with E-state index in [9.17, 15) is 13.2 Å². The Labute approximate surface area is 201 Å². The molecule has 0 unspecified atom stereocenters. The summed E-state index contributed by atoms with van der Waals surface area (Å²) in [7, 11) is -4.19. The maximum Gasteiger partial charge on any atom is 0.270 e. The van der Waals surface area contributed by atoms with Crippen molar-refractivity contribution in [3.05, 3.63) is 131 Å². The fourth-order valence-corrected chi connectivity index (χ4v) is 5.51. The van der Waals surface area contributed by atoms with E-state index in [4.69, 9.17) is 0 Å². The van der Waals surface area contributed by atoms with E-state index in [-0.39, 0.29) is 4.90 Å². The Hall–Kier alpha value is -3.70. The number of anilines is 1. The van der Waals surface area contributed by atoms with Crippen molar-refractivity contribution in [2.75, 3.05) is 4.31 Å². The van der Waals surface area contributed by atoms with E-state index in [1.165, 1.54) is 0 Å². The molecule has 0 aromatic heterocycles. The van der Waals surface area contributed by atoms with Gasteiger partial charge in [-0.1, -0.05) is 90.5 Å². The Balaban J connectivity index is 1.96. The normalized spacial score (nSPS) is 11.4. The molecule has 4 aromatic carbocycles. The van der Waals surface area contributed by atoms with Crippen molar-refractivity contribution in [2.24, 2.45) is 0 Å². The first-order valence-electron chi connectivity index (χ1n) is 11.1. The van der Waals surface area contributed by atoms with Crippen LogP contribution < -0.4 is 4.31 Å². The lowest BCUT2D eigenvalue weighted by Crippen LogP contribution is -2.41. The van der Waals surface area contributed by atoms with Gasteiger partial charge in [-0.25, -0.2) is 12.7 Å². The van der Waals surface area contributed by atoms with Crippen molar-refractivity contribution >= 4 is 21.6 Å². The van der Waals surface area contributed by atoms with Crippen LogP contribution in [0.25, 0.3) is 0 Å². The predicted octanol–water partition coefficient (Wildman–Crippen LogP) is 6.17. The molecule has 0 radical (unpaired) electrons. The topological polar surface area (TPSA) is 54.5 Å². The summed E-state index contributed by atoms with van der Waals surface area (Å²) in [6, 6.07) is 30.6. The van der Waals surface area contributed by atoms with Crippen LogP contribution in [0.1, 0.15) is 33.7 Å². The lowest BCUT2D eigenvalue weighted by molar-refractivity contribution is -0.118. The summed E-state index contributed by atoms with van der Waals surface area (Å²) in [5.74, 6) is -1.31. The number of carbonyl (C=O) groups excluding carboxylic acids is 1. The van der Waals surface area contributed by atoms with Gasteiger partial charge in [0.25, 0.3) is 15.9 Å². The average molecular weight is 470 g/mol. The van der Waals surface area contributed by atoms with Gasteiger partial charge in [-0.15, -0.1) is 0 Å². The summed E-state index contributed by atoms with van der Waals surface area (Å²) in [5.41, 5.74) is 4.41. The summed E-state index contributed by atoms with van der Waals surface area (Å²) in [5, 5.41) is 0. The van der Waals surface area contributed by atoms with Crippen LogP contribution in [0.3, 0.4) is 0 Å². The standard InChI is InChI=1S/C29H27NO3S/c1-21-17-19-26(20-18-21)34(32,33)30(27-16-10-11-22(2)23(27)3)29(31)28(24-12-6-4-7-13-24)25-14-8-5-9-15-25/h4-20,28H,1-3H3. The fraction of sp³-hybridized carbons (Fsp3) is 0.138. The second kappa shape index (κ2) is 9.65. The second-order valence-corrected chi connectivity index (χ2v) is 10.2. The van der Waals surface area contributed by atoms with Crippen molar-refractivity contribution in [3.63, 3.8) is 0 Å². The predicted molar refractivity (Wildman–Crippen MR) is 136 cm³/mol. The van der Waals surface area contributed by atoms with Gasteiger partial charge in [0.15, 0.2) is 0 Å². The molecule has 0 heterocycles. The molecule has 172 valence electrons. The third-order valence-electron chi connectivity index (χ3n) is 6.07. The fourth-order valence-electron chi connectivity index (χ4n) is 4.02. The van der Waals surface area contributed by atoms with Crippen molar-refractivity contribution in [2.45, 2.75) is 31.6 Å². The number of carbonyl (C=O) groups is 1. The Morgan fingerprint density at radius 3 is 1.74 bits per heavy atom. The van der Waals surface area contributed by atoms with Crippen LogP contribution in [0.2, 0.25) is 0 Å². The van der Waals surface area contributed by atoms with Crippen molar-refractivity contribution in [3.8, 4) is 0 Å². The van der Waals surface area contributed by atoms with Crippen LogP contribution >= 0.6 is 0 Å². The van der Waals surface area contributed by atoms with Crippen molar-refractivity contribution in [1.29, 1.82) is 0 Å². The van der Waals surface area contributed by atoms with E-state index in [1.54, 1.807) is 36.4 Å². The summed E-state index contributed by atoms with van der Waals surface area (Å²) in [6.45, 7) is 5.65. The summed E-state index contributed by atoms with van der Waals surface area (Å²) in [6.07, 6.45) is 0. The van der Waals surface area contributed by atoms with E-state index in [1.807, 2.05) is 87.5 Å². The Bertz CT molecular complexity index is 1360. The summed E-state index contributed by atoms with van der Waals surface area (Å²) < 4.78 is 29.0. The number of aryl methyl sites for hydroxylation is 2. The molecule has 0 N–H and O–H groups in total. The molecule has 5 heteroatoms. The molecule has 4 nitrogen and oxygen atoms in total. The SMILES string of the molecule is Cc1ccc(S(=O)(=O)N(C(=O)C(c2ccccc2)c2ccccc2)c2cccc(C)c2C)cc1. The molecule has 0 fully saturated rings.